The SMILES string of the molecule is CC(C)(C)OC(=O)N1CCC[C@H]1Cn1cc(C(C)(C)C)sc1=N. The van der Waals surface area contributed by atoms with Crippen LogP contribution in [-0.4, -0.2) is 33.7 Å². The first-order chi connectivity index (χ1) is 10.5. The highest BCUT2D eigenvalue weighted by atomic mass is 32.1. The van der Waals surface area contributed by atoms with Crippen molar-refractivity contribution in [2.75, 3.05) is 6.54 Å². The number of nitrogens with one attached hydrogen (secondary N) is 1. The normalized spacial score (nSPS) is 19.2. The first-order valence-electron chi connectivity index (χ1n) is 8.22. The number of thiazole rings is 1. The molecule has 0 radical (unpaired) electrons. The Bertz CT molecular complexity index is 619. The highest BCUT2D eigenvalue weighted by Gasteiger charge is 2.32. The first-order valence-corrected chi connectivity index (χ1v) is 9.04. The molecule has 130 valence electrons. The monoisotopic (exact) mass is 339 g/mol. The van der Waals surface area contributed by atoms with Crippen LogP contribution in [0.1, 0.15) is 59.3 Å². The van der Waals surface area contributed by atoms with Gasteiger partial charge >= 0.3 is 6.09 Å². The van der Waals surface area contributed by atoms with E-state index in [-0.39, 0.29) is 17.6 Å². The van der Waals surface area contributed by atoms with E-state index in [9.17, 15) is 4.79 Å². The zero-order valence-corrected chi connectivity index (χ0v) is 15.9. The van der Waals surface area contributed by atoms with Crippen molar-refractivity contribution in [2.24, 2.45) is 0 Å². The largest absolute Gasteiger partial charge is 0.444 e. The minimum atomic E-state index is -0.472. The minimum Gasteiger partial charge on any atom is -0.444 e. The summed E-state index contributed by atoms with van der Waals surface area (Å²) in [6.07, 6.45) is 3.79. The molecule has 2 rings (SSSR count). The number of nitrogens with zero attached hydrogens (tertiary/aromatic N) is 2. The molecule has 0 aliphatic carbocycles. The molecule has 1 saturated heterocycles. The molecule has 0 bridgehead atoms. The minimum absolute atomic E-state index is 0.0479. The van der Waals surface area contributed by atoms with Crippen molar-refractivity contribution in [1.29, 1.82) is 5.41 Å². The number of aromatic nitrogens is 1. The van der Waals surface area contributed by atoms with Gasteiger partial charge in [-0.1, -0.05) is 20.8 Å². The van der Waals surface area contributed by atoms with Gasteiger partial charge in [-0.3, -0.25) is 5.41 Å². The molecule has 1 N–H and O–H groups in total. The van der Waals surface area contributed by atoms with Gasteiger partial charge in [0.2, 0.25) is 0 Å². The Kier molecular flexibility index (Phi) is 4.95. The number of amides is 1. The average molecular weight is 340 g/mol. The molecule has 5 nitrogen and oxygen atoms in total. The van der Waals surface area contributed by atoms with E-state index in [1.165, 1.54) is 16.2 Å². The van der Waals surface area contributed by atoms with Gasteiger partial charge in [-0.25, -0.2) is 4.79 Å². The van der Waals surface area contributed by atoms with Crippen molar-refractivity contribution in [2.45, 2.75) is 78.0 Å². The van der Waals surface area contributed by atoms with Crippen LogP contribution in [0.3, 0.4) is 0 Å². The van der Waals surface area contributed by atoms with Crippen LogP contribution in [0.5, 0.6) is 0 Å². The Morgan fingerprint density at radius 3 is 2.52 bits per heavy atom. The van der Waals surface area contributed by atoms with Gasteiger partial charge in [0, 0.05) is 24.2 Å². The molecule has 1 aliphatic rings. The fourth-order valence-corrected chi connectivity index (χ4v) is 3.62. The highest BCUT2D eigenvalue weighted by Crippen LogP contribution is 2.26. The van der Waals surface area contributed by atoms with Crippen LogP contribution in [0.25, 0.3) is 0 Å². The predicted octanol–water partition coefficient (Wildman–Crippen LogP) is 3.73. The Morgan fingerprint density at radius 1 is 1.35 bits per heavy atom. The zero-order chi connectivity index (χ0) is 17.4. The molecule has 1 amide bonds. The van der Waals surface area contributed by atoms with Crippen molar-refractivity contribution < 1.29 is 9.53 Å². The molecule has 1 fully saturated rings. The maximum absolute atomic E-state index is 12.4. The van der Waals surface area contributed by atoms with E-state index < -0.39 is 5.60 Å². The van der Waals surface area contributed by atoms with E-state index in [1.807, 2.05) is 30.2 Å². The number of carbonyl (C=O) groups excluding carboxylic acids is 1. The van der Waals surface area contributed by atoms with Gasteiger partial charge in [-0.2, -0.15) is 0 Å². The maximum atomic E-state index is 12.4. The zero-order valence-electron chi connectivity index (χ0n) is 15.1. The number of rotatable bonds is 2. The van der Waals surface area contributed by atoms with Gasteiger partial charge in [0.05, 0.1) is 6.04 Å². The number of hydrogen-bond donors (Lipinski definition) is 1. The summed E-state index contributed by atoms with van der Waals surface area (Å²) >= 11 is 1.52. The van der Waals surface area contributed by atoms with Crippen LogP contribution < -0.4 is 4.80 Å². The Morgan fingerprint density at radius 2 is 2.00 bits per heavy atom. The van der Waals surface area contributed by atoms with Crippen LogP contribution in [0.4, 0.5) is 4.79 Å². The second-order valence-corrected chi connectivity index (χ2v) is 9.30. The van der Waals surface area contributed by atoms with Gasteiger partial charge in [0.25, 0.3) is 0 Å². The van der Waals surface area contributed by atoms with Crippen molar-refractivity contribution >= 4 is 17.4 Å². The second kappa shape index (κ2) is 6.30. The van der Waals surface area contributed by atoms with Gasteiger partial charge in [0.15, 0.2) is 4.80 Å². The van der Waals surface area contributed by atoms with E-state index in [4.69, 9.17) is 10.1 Å². The number of carbonyl (C=O) groups is 1. The third-order valence-corrected chi connectivity index (χ3v) is 5.26. The lowest BCUT2D eigenvalue weighted by atomic mass is 9.95. The molecule has 6 heteroatoms. The summed E-state index contributed by atoms with van der Waals surface area (Å²) in [6, 6.07) is 0.112. The molecular formula is C17H29N3O2S. The van der Waals surface area contributed by atoms with E-state index >= 15 is 0 Å². The first kappa shape index (κ1) is 18.0. The standard InChI is InChI=1S/C17H29N3O2S/c1-16(2,3)13-11-19(14(18)23-13)10-12-8-7-9-20(12)15(21)22-17(4,5)6/h11-12,18H,7-10H2,1-6H3/t12-/m0/s1. The summed E-state index contributed by atoms with van der Waals surface area (Å²) in [7, 11) is 0. The lowest BCUT2D eigenvalue weighted by Gasteiger charge is -2.28. The fourth-order valence-electron chi connectivity index (χ4n) is 2.69. The number of hydrogen-bond acceptors (Lipinski definition) is 4. The Hall–Kier alpha value is -1.30. The van der Waals surface area contributed by atoms with Gasteiger partial charge in [0.1, 0.15) is 5.60 Å². The van der Waals surface area contributed by atoms with Crippen molar-refractivity contribution in [3.63, 3.8) is 0 Å². The summed E-state index contributed by atoms with van der Waals surface area (Å²) in [5.74, 6) is 0. The molecule has 0 unspecified atom stereocenters. The Labute approximate surface area is 142 Å². The van der Waals surface area contributed by atoms with Crippen LogP contribution in [0.15, 0.2) is 6.20 Å². The molecule has 23 heavy (non-hydrogen) atoms. The van der Waals surface area contributed by atoms with Crippen LogP contribution >= 0.6 is 11.3 Å². The summed E-state index contributed by atoms with van der Waals surface area (Å²) in [5, 5.41) is 8.20. The predicted molar refractivity (Wildman–Crippen MR) is 92.8 cm³/mol. The van der Waals surface area contributed by atoms with Gasteiger partial charge in [-0.05, 0) is 39.0 Å². The van der Waals surface area contributed by atoms with Crippen LogP contribution in [0, 0.1) is 5.41 Å². The highest BCUT2D eigenvalue weighted by molar-refractivity contribution is 7.09. The molecule has 0 saturated carbocycles. The van der Waals surface area contributed by atoms with E-state index in [1.54, 1.807) is 0 Å². The Balaban J connectivity index is 2.12. The molecule has 2 heterocycles. The van der Waals surface area contributed by atoms with Crippen molar-refractivity contribution in [3.8, 4) is 0 Å². The van der Waals surface area contributed by atoms with Crippen LogP contribution in [-0.2, 0) is 16.7 Å². The lowest BCUT2D eigenvalue weighted by Crippen LogP contribution is -2.42. The molecule has 1 aromatic rings. The lowest BCUT2D eigenvalue weighted by molar-refractivity contribution is 0.0213. The third kappa shape index (κ3) is 4.59. The molecule has 0 aromatic carbocycles. The molecule has 1 aliphatic heterocycles. The molecule has 1 aromatic heterocycles. The quantitative estimate of drug-likeness (QED) is 0.892. The number of likely N-dealkylation sites (tertiary alicyclic amines) is 1. The van der Waals surface area contributed by atoms with Crippen molar-refractivity contribution in [1.82, 2.24) is 9.47 Å². The summed E-state index contributed by atoms with van der Waals surface area (Å²) in [6.45, 7) is 13.6. The fraction of sp³-hybridized carbons (Fsp3) is 0.765. The summed E-state index contributed by atoms with van der Waals surface area (Å²) in [4.78, 5) is 15.9. The number of ether oxygens (including phenoxy) is 1. The van der Waals surface area contributed by atoms with Crippen molar-refractivity contribution in [3.05, 3.63) is 15.9 Å². The third-order valence-electron chi connectivity index (χ3n) is 3.89. The summed E-state index contributed by atoms with van der Waals surface area (Å²) in [5.41, 5.74) is -0.425. The van der Waals surface area contributed by atoms with E-state index in [2.05, 4.69) is 27.0 Å². The van der Waals surface area contributed by atoms with Gasteiger partial charge < -0.3 is 14.2 Å². The molecular weight excluding hydrogens is 310 g/mol. The second-order valence-electron chi connectivity index (χ2n) is 8.27. The van der Waals surface area contributed by atoms with Gasteiger partial charge in [-0.15, -0.1) is 11.3 Å². The molecule has 0 spiro atoms. The average Bonchev–Trinajstić information content (AvgIpc) is 2.95. The van der Waals surface area contributed by atoms with E-state index in [0.717, 1.165) is 19.4 Å². The van der Waals surface area contributed by atoms with Crippen LogP contribution in [0.2, 0.25) is 0 Å². The smallest absolute Gasteiger partial charge is 0.410 e. The van der Waals surface area contributed by atoms with E-state index in [0.29, 0.717) is 11.3 Å². The maximum Gasteiger partial charge on any atom is 0.410 e. The molecule has 1 atom stereocenters. The summed E-state index contributed by atoms with van der Waals surface area (Å²) < 4.78 is 7.48. The topological polar surface area (TPSA) is 58.3 Å².